The van der Waals surface area contributed by atoms with E-state index in [2.05, 4.69) is 17.4 Å². The Bertz CT molecular complexity index is 241. The number of hydrazine groups is 1. The van der Waals surface area contributed by atoms with Gasteiger partial charge in [0.15, 0.2) is 0 Å². The lowest BCUT2D eigenvalue weighted by atomic mass is 9.85. The minimum Gasteiger partial charge on any atom is -0.345 e. The summed E-state index contributed by atoms with van der Waals surface area (Å²) in [7, 11) is 2.09. The molecule has 0 spiro atoms. The minimum absolute atomic E-state index is 0.495. The van der Waals surface area contributed by atoms with Gasteiger partial charge in [-0.3, -0.25) is 5.43 Å². The van der Waals surface area contributed by atoms with Crippen LogP contribution in [0.2, 0.25) is 0 Å². The van der Waals surface area contributed by atoms with E-state index in [-0.39, 0.29) is 0 Å². The molecule has 3 N–H and O–H groups in total. The van der Waals surface area contributed by atoms with E-state index in [9.17, 15) is 0 Å². The summed E-state index contributed by atoms with van der Waals surface area (Å²) in [6.45, 7) is 1.09. The van der Waals surface area contributed by atoms with Gasteiger partial charge >= 0.3 is 0 Å². The molecule has 0 atom stereocenters. The Morgan fingerprint density at radius 2 is 1.94 bits per heavy atom. The molecule has 4 nitrogen and oxygen atoms in total. The molecule has 0 unspecified atom stereocenters. The van der Waals surface area contributed by atoms with Gasteiger partial charge in [0.05, 0.1) is 6.04 Å². The third-order valence-corrected chi connectivity index (χ3v) is 3.88. The molecule has 2 aliphatic carbocycles. The number of hydrogen-bond acceptors (Lipinski definition) is 2. The van der Waals surface area contributed by atoms with Gasteiger partial charge in [0, 0.05) is 13.6 Å². The normalized spacial score (nSPS) is 23.2. The molecule has 2 aliphatic rings. The van der Waals surface area contributed by atoms with Crippen molar-refractivity contribution in [2.45, 2.75) is 51.0 Å². The second kappa shape index (κ2) is 5.53. The molecule has 4 heteroatoms. The summed E-state index contributed by atoms with van der Waals surface area (Å²) in [4.78, 5) is 6.89. The van der Waals surface area contributed by atoms with Crippen LogP contribution in [0.25, 0.3) is 0 Å². The maximum atomic E-state index is 5.56. The fourth-order valence-corrected chi connectivity index (χ4v) is 2.60. The fourth-order valence-electron chi connectivity index (χ4n) is 2.60. The van der Waals surface area contributed by atoms with Gasteiger partial charge in [0.1, 0.15) is 0 Å². The number of rotatable bonds is 3. The van der Waals surface area contributed by atoms with Gasteiger partial charge in [-0.1, -0.05) is 19.3 Å². The van der Waals surface area contributed by atoms with Gasteiger partial charge in [-0.2, -0.15) is 0 Å². The highest BCUT2D eigenvalue weighted by Gasteiger charge is 2.21. The van der Waals surface area contributed by atoms with Crippen molar-refractivity contribution in [3.8, 4) is 0 Å². The molecule has 0 radical (unpaired) electrons. The Morgan fingerprint density at radius 3 is 2.44 bits per heavy atom. The molecule has 0 amide bonds. The van der Waals surface area contributed by atoms with Gasteiger partial charge in [-0.05, 0) is 31.6 Å². The Labute approximate surface area is 98.3 Å². The van der Waals surface area contributed by atoms with E-state index >= 15 is 0 Å². The van der Waals surface area contributed by atoms with E-state index in [0.29, 0.717) is 6.04 Å². The van der Waals surface area contributed by atoms with E-state index in [4.69, 9.17) is 10.8 Å². The van der Waals surface area contributed by atoms with Crippen LogP contribution in [-0.2, 0) is 0 Å². The van der Waals surface area contributed by atoms with Crippen molar-refractivity contribution in [3.05, 3.63) is 0 Å². The van der Waals surface area contributed by atoms with Gasteiger partial charge in [-0.15, -0.1) is 0 Å². The number of nitrogens with two attached hydrogens (primary N) is 1. The summed E-state index contributed by atoms with van der Waals surface area (Å²) < 4.78 is 0. The Balaban J connectivity index is 1.86. The first-order valence-electron chi connectivity index (χ1n) is 6.55. The van der Waals surface area contributed by atoms with Crippen molar-refractivity contribution in [2.75, 3.05) is 13.6 Å². The highest BCUT2D eigenvalue weighted by molar-refractivity contribution is 5.79. The van der Waals surface area contributed by atoms with E-state index in [0.717, 1.165) is 18.4 Å². The fraction of sp³-hybridized carbons (Fsp3) is 0.917. The number of nitrogens with zero attached hydrogens (tertiary/aromatic N) is 2. The van der Waals surface area contributed by atoms with Crippen LogP contribution in [0.3, 0.4) is 0 Å². The predicted molar refractivity (Wildman–Crippen MR) is 67.0 cm³/mol. The van der Waals surface area contributed by atoms with Crippen molar-refractivity contribution >= 4 is 5.96 Å². The first-order chi connectivity index (χ1) is 7.79. The van der Waals surface area contributed by atoms with Crippen LogP contribution < -0.4 is 11.3 Å². The third kappa shape index (κ3) is 2.88. The van der Waals surface area contributed by atoms with Crippen molar-refractivity contribution in [3.63, 3.8) is 0 Å². The van der Waals surface area contributed by atoms with Crippen LogP contribution in [0.4, 0.5) is 0 Å². The topological polar surface area (TPSA) is 53.6 Å². The van der Waals surface area contributed by atoms with Gasteiger partial charge < -0.3 is 4.90 Å². The Hall–Kier alpha value is -0.770. The zero-order valence-electron chi connectivity index (χ0n) is 10.3. The SMILES string of the molecule is CN(CC1CCC1)C(=NC1CCCC1)NN. The maximum absolute atomic E-state index is 5.56. The first-order valence-corrected chi connectivity index (χ1v) is 6.55. The van der Waals surface area contributed by atoms with Crippen molar-refractivity contribution in [1.29, 1.82) is 0 Å². The minimum atomic E-state index is 0.495. The monoisotopic (exact) mass is 224 g/mol. The largest absolute Gasteiger partial charge is 0.345 e. The highest BCUT2D eigenvalue weighted by atomic mass is 15.4. The van der Waals surface area contributed by atoms with E-state index in [1.165, 1.54) is 44.9 Å². The molecular weight excluding hydrogens is 200 g/mol. The highest BCUT2D eigenvalue weighted by Crippen LogP contribution is 2.27. The zero-order valence-corrected chi connectivity index (χ0v) is 10.3. The lowest BCUT2D eigenvalue weighted by Crippen LogP contribution is -2.46. The third-order valence-electron chi connectivity index (χ3n) is 3.88. The molecular formula is C12H24N4. The van der Waals surface area contributed by atoms with Crippen molar-refractivity contribution in [1.82, 2.24) is 10.3 Å². The molecule has 92 valence electrons. The van der Waals surface area contributed by atoms with Crippen LogP contribution >= 0.6 is 0 Å². The van der Waals surface area contributed by atoms with Crippen LogP contribution in [0.1, 0.15) is 44.9 Å². The Kier molecular flexibility index (Phi) is 4.04. The van der Waals surface area contributed by atoms with E-state index in [1.54, 1.807) is 0 Å². The summed E-state index contributed by atoms with van der Waals surface area (Å²) in [6.07, 6.45) is 9.21. The molecule has 2 fully saturated rings. The maximum Gasteiger partial charge on any atom is 0.208 e. The van der Waals surface area contributed by atoms with Crippen LogP contribution in [0.15, 0.2) is 4.99 Å². The molecule has 16 heavy (non-hydrogen) atoms. The molecule has 2 saturated carbocycles. The molecule has 0 aliphatic heterocycles. The summed E-state index contributed by atoms with van der Waals surface area (Å²) in [6, 6.07) is 0.495. The lowest BCUT2D eigenvalue weighted by molar-refractivity contribution is 0.254. The lowest BCUT2D eigenvalue weighted by Gasteiger charge is -2.31. The molecule has 0 saturated heterocycles. The average Bonchev–Trinajstić information content (AvgIpc) is 2.72. The standard InChI is InChI=1S/C12H24N4/c1-16(9-10-5-4-6-10)12(15-13)14-11-7-2-3-8-11/h10-11H,2-9,13H2,1H3,(H,14,15). The van der Waals surface area contributed by atoms with Gasteiger partial charge in [0.2, 0.25) is 5.96 Å². The quantitative estimate of drug-likeness (QED) is 0.330. The van der Waals surface area contributed by atoms with Gasteiger partial charge in [-0.25, -0.2) is 10.8 Å². The van der Waals surface area contributed by atoms with E-state index < -0.39 is 0 Å². The smallest absolute Gasteiger partial charge is 0.208 e. The second-order valence-corrected chi connectivity index (χ2v) is 5.21. The summed E-state index contributed by atoms with van der Waals surface area (Å²) in [5.41, 5.74) is 2.76. The molecule has 0 aromatic rings. The van der Waals surface area contributed by atoms with Gasteiger partial charge in [0.25, 0.3) is 0 Å². The molecule has 0 aromatic heterocycles. The summed E-state index contributed by atoms with van der Waals surface area (Å²) in [5, 5.41) is 0. The second-order valence-electron chi connectivity index (χ2n) is 5.21. The van der Waals surface area contributed by atoms with Crippen LogP contribution in [0, 0.1) is 5.92 Å². The van der Waals surface area contributed by atoms with Crippen molar-refractivity contribution in [2.24, 2.45) is 16.8 Å². The van der Waals surface area contributed by atoms with Crippen molar-refractivity contribution < 1.29 is 0 Å². The Morgan fingerprint density at radius 1 is 1.25 bits per heavy atom. The number of hydrogen-bond donors (Lipinski definition) is 2. The first kappa shape index (κ1) is 11.7. The number of aliphatic imine (C=N–C) groups is 1. The molecule has 2 rings (SSSR count). The van der Waals surface area contributed by atoms with Crippen LogP contribution in [-0.4, -0.2) is 30.5 Å². The predicted octanol–water partition coefficient (Wildman–Crippen LogP) is 1.48. The number of guanidine groups is 1. The summed E-state index contributed by atoms with van der Waals surface area (Å²) >= 11 is 0. The average molecular weight is 224 g/mol. The molecule has 0 heterocycles. The van der Waals surface area contributed by atoms with E-state index in [1.807, 2.05) is 0 Å². The molecule has 0 aromatic carbocycles. The summed E-state index contributed by atoms with van der Waals surface area (Å²) in [5.74, 6) is 7.29. The molecule has 0 bridgehead atoms. The van der Waals surface area contributed by atoms with Crippen LogP contribution in [0.5, 0.6) is 0 Å². The number of nitrogens with one attached hydrogen (secondary N) is 1. The zero-order chi connectivity index (χ0) is 11.4.